The molecule has 0 aliphatic carbocycles. The largest absolute Gasteiger partial charge is 0.393 e. The molecular formula is C15H20ClN3O. The summed E-state index contributed by atoms with van der Waals surface area (Å²) < 4.78 is 3.57. The first-order valence-corrected chi connectivity index (χ1v) is 7.19. The fourth-order valence-electron chi connectivity index (χ4n) is 2.38. The normalized spacial score (nSPS) is 11.2. The molecule has 1 aromatic carbocycles. The molecule has 0 unspecified atom stereocenters. The second kappa shape index (κ2) is 5.75. The van der Waals surface area contributed by atoms with Gasteiger partial charge in [-0.1, -0.05) is 25.4 Å². The molecule has 0 fully saturated rings. The number of aromatic nitrogens is 2. The number of anilines is 1. The summed E-state index contributed by atoms with van der Waals surface area (Å²) in [4.78, 5) is 12.4. The molecule has 0 atom stereocenters. The Balaban J connectivity index is 2.64. The van der Waals surface area contributed by atoms with E-state index in [2.05, 4.69) is 13.8 Å². The molecule has 0 aliphatic heterocycles. The minimum Gasteiger partial charge on any atom is -0.393 e. The van der Waals surface area contributed by atoms with Crippen molar-refractivity contribution in [3.63, 3.8) is 0 Å². The molecule has 1 aromatic heterocycles. The van der Waals surface area contributed by atoms with Crippen molar-refractivity contribution in [2.24, 2.45) is 5.92 Å². The summed E-state index contributed by atoms with van der Waals surface area (Å²) in [5, 5.41) is 0.645. The number of hydrogen-bond donors (Lipinski definition) is 1. The van der Waals surface area contributed by atoms with E-state index in [1.807, 2.05) is 23.7 Å². The van der Waals surface area contributed by atoms with Crippen molar-refractivity contribution in [3.05, 3.63) is 45.3 Å². The molecule has 0 spiro atoms. The lowest BCUT2D eigenvalue weighted by atomic mass is 10.1. The standard InChI is InChI=1S/C15H20ClN3O/c1-4-18-13(9-10(2)3)14(17)15(20)19(18)12-7-5-11(16)6-8-12/h5-8,10H,4,9,17H2,1-3H3. The summed E-state index contributed by atoms with van der Waals surface area (Å²) in [5.41, 5.74) is 7.88. The molecule has 2 rings (SSSR count). The van der Waals surface area contributed by atoms with Gasteiger partial charge in [-0.05, 0) is 43.5 Å². The van der Waals surface area contributed by atoms with Gasteiger partial charge < -0.3 is 5.73 Å². The van der Waals surface area contributed by atoms with Crippen molar-refractivity contribution in [2.75, 3.05) is 5.73 Å². The molecule has 1 heterocycles. The highest BCUT2D eigenvalue weighted by Crippen LogP contribution is 2.18. The molecular weight excluding hydrogens is 274 g/mol. The molecule has 0 aliphatic rings. The fourth-order valence-corrected chi connectivity index (χ4v) is 2.51. The summed E-state index contributed by atoms with van der Waals surface area (Å²) in [6.45, 7) is 6.93. The van der Waals surface area contributed by atoms with E-state index < -0.39 is 0 Å². The Bertz CT molecular complexity index is 653. The number of nitrogens with two attached hydrogens (primary N) is 1. The van der Waals surface area contributed by atoms with Crippen LogP contribution in [0.2, 0.25) is 5.02 Å². The van der Waals surface area contributed by atoms with Crippen molar-refractivity contribution < 1.29 is 0 Å². The fraction of sp³-hybridized carbons (Fsp3) is 0.400. The number of nitrogen functional groups attached to an aromatic ring is 1. The lowest BCUT2D eigenvalue weighted by molar-refractivity contribution is 0.519. The van der Waals surface area contributed by atoms with Crippen LogP contribution in [0.25, 0.3) is 5.69 Å². The van der Waals surface area contributed by atoms with Gasteiger partial charge in [0, 0.05) is 11.6 Å². The summed E-state index contributed by atoms with van der Waals surface area (Å²) in [5.74, 6) is 0.440. The maximum atomic E-state index is 12.4. The Morgan fingerprint density at radius 1 is 1.25 bits per heavy atom. The van der Waals surface area contributed by atoms with Gasteiger partial charge in [-0.2, -0.15) is 0 Å². The molecule has 4 nitrogen and oxygen atoms in total. The minimum atomic E-state index is -0.162. The van der Waals surface area contributed by atoms with E-state index in [9.17, 15) is 4.79 Å². The van der Waals surface area contributed by atoms with E-state index in [0.717, 1.165) is 17.8 Å². The van der Waals surface area contributed by atoms with Gasteiger partial charge in [0.25, 0.3) is 5.56 Å². The monoisotopic (exact) mass is 293 g/mol. The molecule has 2 aromatic rings. The molecule has 20 heavy (non-hydrogen) atoms. The van der Waals surface area contributed by atoms with Crippen LogP contribution in [0.15, 0.2) is 29.1 Å². The van der Waals surface area contributed by atoms with Crippen molar-refractivity contribution >= 4 is 17.3 Å². The van der Waals surface area contributed by atoms with Crippen LogP contribution in [-0.2, 0) is 13.0 Å². The SMILES string of the molecule is CCn1c(CC(C)C)c(N)c(=O)n1-c1ccc(Cl)cc1. The van der Waals surface area contributed by atoms with Gasteiger partial charge in [0.15, 0.2) is 0 Å². The second-order valence-corrected chi connectivity index (χ2v) is 5.70. The summed E-state index contributed by atoms with van der Waals surface area (Å²) >= 11 is 5.90. The average Bonchev–Trinajstić information content (AvgIpc) is 2.64. The van der Waals surface area contributed by atoms with Crippen molar-refractivity contribution in [3.8, 4) is 5.69 Å². The molecule has 5 heteroatoms. The van der Waals surface area contributed by atoms with E-state index in [1.165, 1.54) is 0 Å². The Morgan fingerprint density at radius 3 is 2.35 bits per heavy atom. The third-order valence-electron chi connectivity index (χ3n) is 3.26. The highest BCUT2D eigenvalue weighted by molar-refractivity contribution is 6.30. The summed E-state index contributed by atoms with van der Waals surface area (Å²) in [6.07, 6.45) is 0.787. The van der Waals surface area contributed by atoms with Gasteiger partial charge in [-0.15, -0.1) is 0 Å². The maximum Gasteiger partial charge on any atom is 0.294 e. The van der Waals surface area contributed by atoms with Gasteiger partial charge in [-0.25, -0.2) is 4.68 Å². The number of halogens is 1. The van der Waals surface area contributed by atoms with E-state index in [-0.39, 0.29) is 5.56 Å². The third kappa shape index (κ3) is 2.61. The highest BCUT2D eigenvalue weighted by Gasteiger charge is 2.18. The van der Waals surface area contributed by atoms with Crippen LogP contribution in [0.1, 0.15) is 26.5 Å². The first-order chi connectivity index (χ1) is 9.45. The first-order valence-electron chi connectivity index (χ1n) is 6.81. The topological polar surface area (TPSA) is 52.9 Å². The van der Waals surface area contributed by atoms with Gasteiger partial charge >= 0.3 is 0 Å². The van der Waals surface area contributed by atoms with Crippen LogP contribution in [-0.4, -0.2) is 9.36 Å². The smallest absolute Gasteiger partial charge is 0.294 e. The van der Waals surface area contributed by atoms with Gasteiger partial charge in [0.2, 0.25) is 0 Å². The zero-order chi connectivity index (χ0) is 14.9. The Kier molecular flexibility index (Phi) is 4.23. The molecule has 0 radical (unpaired) electrons. The van der Waals surface area contributed by atoms with Crippen LogP contribution in [0.4, 0.5) is 5.69 Å². The van der Waals surface area contributed by atoms with Crippen LogP contribution in [0.5, 0.6) is 0 Å². The van der Waals surface area contributed by atoms with Crippen LogP contribution >= 0.6 is 11.6 Å². The van der Waals surface area contributed by atoms with Crippen LogP contribution in [0, 0.1) is 5.92 Å². The van der Waals surface area contributed by atoms with E-state index >= 15 is 0 Å². The maximum absolute atomic E-state index is 12.4. The number of nitrogens with zero attached hydrogens (tertiary/aromatic N) is 2. The third-order valence-corrected chi connectivity index (χ3v) is 3.51. The molecule has 0 saturated carbocycles. The zero-order valence-electron chi connectivity index (χ0n) is 12.1. The lowest BCUT2D eigenvalue weighted by Gasteiger charge is -2.14. The zero-order valence-corrected chi connectivity index (χ0v) is 12.8. The highest BCUT2D eigenvalue weighted by atomic mass is 35.5. The van der Waals surface area contributed by atoms with Crippen LogP contribution in [0.3, 0.4) is 0 Å². The van der Waals surface area contributed by atoms with Crippen LogP contribution < -0.4 is 11.3 Å². The number of benzene rings is 1. The van der Waals surface area contributed by atoms with E-state index in [4.69, 9.17) is 17.3 Å². The van der Waals surface area contributed by atoms with Gasteiger partial charge in [-0.3, -0.25) is 9.48 Å². The predicted octanol–water partition coefficient (Wildman–Crippen LogP) is 3.09. The number of rotatable bonds is 4. The molecule has 0 amide bonds. The van der Waals surface area contributed by atoms with E-state index in [1.54, 1.807) is 16.8 Å². The average molecular weight is 294 g/mol. The van der Waals surface area contributed by atoms with Crippen molar-refractivity contribution in [1.29, 1.82) is 0 Å². The summed E-state index contributed by atoms with van der Waals surface area (Å²) in [7, 11) is 0. The minimum absolute atomic E-state index is 0.162. The van der Waals surface area contributed by atoms with Gasteiger partial charge in [0.05, 0.1) is 11.4 Å². The predicted molar refractivity (Wildman–Crippen MR) is 83.7 cm³/mol. The van der Waals surface area contributed by atoms with E-state index in [0.29, 0.717) is 23.2 Å². The first kappa shape index (κ1) is 14.7. The summed E-state index contributed by atoms with van der Waals surface area (Å²) in [6, 6.07) is 7.20. The lowest BCUT2D eigenvalue weighted by Crippen LogP contribution is -2.22. The molecule has 0 saturated heterocycles. The number of hydrogen-bond acceptors (Lipinski definition) is 2. The molecule has 2 N–H and O–H groups in total. The molecule has 108 valence electrons. The van der Waals surface area contributed by atoms with Crippen molar-refractivity contribution in [2.45, 2.75) is 33.7 Å². The Hall–Kier alpha value is -1.68. The second-order valence-electron chi connectivity index (χ2n) is 5.27. The Labute approximate surface area is 123 Å². The van der Waals surface area contributed by atoms with Gasteiger partial charge in [0.1, 0.15) is 5.69 Å². The Morgan fingerprint density at radius 2 is 1.85 bits per heavy atom. The molecule has 0 bridgehead atoms. The van der Waals surface area contributed by atoms with Crippen molar-refractivity contribution in [1.82, 2.24) is 9.36 Å². The quantitative estimate of drug-likeness (QED) is 0.942.